The number of hydrogen-bond donors (Lipinski definition) is 2. The van der Waals surface area contributed by atoms with Crippen molar-refractivity contribution in [1.82, 2.24) is 9.71 Å². The predicted molar refractivity (Wildman–Crippen MR) is 103 cm³/mol. The van der Waals surface area contributed by atoms with Crippen molar-refractivity contribution in [2.24, 2.45) is 0 Å². The Kier molecular flexibility index (Phi) is 7.91. The monoisotopic (exact) mass is 408 g/mol. The molecule has 1 aromatic carbocycles. The number of rotatable bonds is 10. The van der Waals surface area contributed by atoms with Gasteiger partial charge in [0.05, 0.1) is 31.1 Å². The third-order valence-corrected chi connectivity index (χ3v) is 5.50. The van der Waals surface area contributed by atoms with E-state index in [9.17, 15) is 18.3 Å². The van der Waals surface area contributed by atoms with Crippen LogP contribution in [0.15, 0.2) is 42.6 Å². The molecule has 1 atom stereocenters. The van der Waals surface area contributed by atoms with Crippen LogP contribution in [-0.4, -0.2) is 44.2 Å². The van der Waals surface area contributed by atoms with Crippen molar-refractivity contribution in [1.29, 1.82) is 0 Å². The fourth-order valence-electron chi connectivity index (χ4n) is 2.51. The average molecular weight is 408 g/mol. The van der Waals surface area contributed by atoms with Crippen LogP contribution >= 0.6 is 0 Å². The Hall–Kier alpha value is -2.49. The topological polar surface area (TPSA) is 115 Å². The maximum Gasteiger partial charge on any atom is 0.266 e. The van der Waals surface area contributed by atoms with E-state index >= 15 is 0 Å². The molecule has 9 heteroatoms. The molecule has 0 saturated carbocycles. The highest BCUT2D eigenvalue weighted by molar-refractivity contribution is 7.90. The molecule has 1 amide bonds. The molecular formula is C19H24N2O6S. The first-order chi connectivity index (χ1) is 13.4. The Morgan fingerprint density at radius 3 is 2.54 bits per heavy atom. The largest absolute Gasteiger partial charge is 0.494 e. The quantitative estimate of drug-likeness (QED) is 0.616. The van der Waals surface area contributed by atoms with Crippen LogP contribution in [0.3, 0.4) is 0 Å². The molecular weight excluding hydrogens is 384 g/mol. The highest BCUT2D eigenvalue weighted by Gasteiger charge is 2.31. The van der Waals surface area contributed by atoms with E-state index in [2.05, 4.69) is 4.98 Å². The molecule has 0 spiro atoms. The number of para-hydroxylation sites is 1. The molecule has 28 heavy (non-hydrogen) atoms. The third-order valence-electron chi connectivity index (χ3n) is 3.88. The van der Waals surface area contributed by atoms with Gasteiger partial charge < -0.3 is 14.6 Å². The fraction of sp³-hybridized carbons (Fsp3) is 0.368. The molecule has 2 aromatic rings. The number of aromatic nitrogens is 1. The summed E-state index contributed by atoms with van der Waals surface area (Å²) in [6.45, 7) is 4.09. The zero-order valence-corrected chi connectivity index (χ0v) is 16.6. The number of carbonyl (C=O) groups is 1. The highest BCUT2D eigenvalue weighted by Crippen LogP contribution is 2.30. The zero-order valence-electron chi connectivity index (χ0n) is 15.8. The third kappa shape index (κ3) is 5.51. The lowest BCUT2D eigenvalue weighted by molar-refractivity contribution is 0.0980. The fourth-order valence-corrected chi connectivity index (χ4v) is 3.75. The van der Waals surface area contributed by atoms with Gasteiger partial charge in [-0.1, -0.05) is 18.2 Å². The Morgan fingerprint density at radius 1 is 1.18 bits per heavy atom. The minimum atomic E-state index is -4.22. The van der Waals surface area contributed by atoms with Gasteiger partial charge in [0.1, 0.15) is 11.0 Å². The van der Waals surface area contributed by atoms with Gasteiger partial charge in [-0.05, 0) is 32.0 Å². The Bertz CT molecular complexity index is 884. The van der Waals surface area contributed by atoms with Gasteiger partial charge in [-0.15, -0.1) is 0 Å². The van der Waals surface area contributed by atoms with E-state index in [-0.39, 0.29) is 11.1 Å². The Morgan fingerprint density at radius 2 is 1.93 bits per heavy atom. The molecule has 2 rings (SSSR count). The van der Waals surface area contributed by atoms with Gasteiger partial charge in [-0.25, -0.2) is 13.1 Å². The van der Waals surface area contributed by atoms with Crippen LogP contribution in [0.25, 0.3) is 0 Å². The number of hydrogen-bond acceptors (Lipinski definition) is 7. The van der Waals surface area contributed by atoms with Gasteiger partial charge >= 0.3 is 0 Å². The summed E-state index contributed by atoms with van der Waals surface area (Å²) in [6, 6.07) is 9.54. The van der Waals surface area contributed by atoms with Crippen LogP contribution < -0.4 is 9.46 Å². The van der Waals surface area contributed by atoms with E-state index in [1.54, 1.807) is 37.3 Å². The number of benzene rings is 1. The average Bonchev–Trinajstić information content (AvgIpc) is 2.68. The number of amides is 1. The number of aliphatic hydroxyl groups excluding tert-OH is 1. The van der Waals surface area contributed by atoms with Crippen molar-refractivity contribution < 1.29 is 27.8 Å². The van der Waals surface area contributed by atoms with Gasteiger partial charge in [0.2, 0.25) is 10.0 Å². The lowest BCUT2D eigenvalue weighted by Gasteiger charge is -2.19. The zero-order chi connectivity index (χ0) is 20.6. The SMILES string of the molecule is CCOCc1ccc(C(=O)NS(=O)(=O)C(CO)c2ccccc2OCC)cn1. The van der Waals surface area contributed by atoms with E-state index in [0.29, 0.717) is 31.3 Å². The molecule has 0 bridgehead atoms. The van der Waals surface area contributed by atoms with Gasteiger partial charge in [0.25, 0.3) is 5.91 Å². The van der Waals surface area contributed by atoms with Gasteiger partial charge in [0, 0.05) is 18.4 Å². The van der Waals surface area contributed by atoms with Crippen molar-refractivity contribution >= 4 is 15.9 Å². The molecule has 1 heterocycles. The lowest BCUT2D eigenvalue weighted by Crippen LogP contribution is -2.36. The molecule has 0 aliphatic rings. The highest BCUT2D eigenvalue weighted by atomic mass is 32.2. The number of aliphatic hydroxyl groups is 1. The van der Waals surface area contributed by atoms with E-state index in [4.69, 9.17) is 9.47 Å². The Balaban J connectivity index is 2.20. The summed E-state index contributed by atoms with van der Waals surface area (Å²) < 4.78 is 38.1. The number of sulfonamides is 1. The minimum absolute atomic E-state index is 0.0820. The van der Waals surface area contributed by atoms with Gasteiger partial charge in [-0.2, -0.15) is 0 Å². The smallest absolute Gasteiger partial charge is 0.266 e. The van der Waals surface area contributed by atoms with Gasteiger partial charge in [0.15, 0.2) is 0 Å². The van der Waals surface area contributed by atoms with Crippen molar-refractivity contribution in [3.8, 4) is 5.75 Å². The number of carbonyl (C=O) groups excluding carboxylic acids is 1. The summed E-state index contributed by atoms with van der Waals surface area (Å²) in [6.07, 6.45) is 1.28. The van der Waals surface area contributed by atoms with Crippen molar-refractivity contribution in [2.45, 2.75) is 25.7 Å². The van der Waals surface area contributed by atoms with Gasteiger partial charge in [-0.3, -0.25) is 9.78 Å². The maximum absolute atomic E-state index is 12.7. The number of nitrogens with one attached hydrogen (secondary N) is 1. The molecule has 8 nitrogen and oxygen atoms in total. The normalized spacial score (nSPS) is 12.4. The molecule has 1 aromatic heterocycles. The summed E-state index contributed by atoms with van der Waals surface area (Å²) in [7, 11) is -4.22. The second kappa shape index (κ2) is 10.2. The van der Waals surface area contributed by atoms with Crippen LogP contribution in [0.1, 0.15) is 40.7 Å². The predicted octanol–water partition coefficient (Wildman–Crippen LogP) is 1.81. The second-order valence-electron chi connectivity index (χ2n) is 5.79. The first-order valence-electron chi connectivity index (χ1n) is 8.84. The summed E-state index contributed by atoms with van der Waals surface area (Å²) in [5.41, 5.74) is 0.982. The van der Waals surface area contributed by atoms with E-state index < -0.39 is 27.8 Å². The molecule has 152 valence electrons. The molecule has 0 aliphatic carbocycles. The molecule has 1 unspecified atom stereocenters. The van der Waals surface area contributed by atoms with Crippen LogP contribution in [0.2, 0.25) is 0 Å². The minimum Gasteiger partial charge on any atom is -0.494 e. The molecule has 2 N–H and O–H groups in total. The van der Waals surface area contributed by atoms with E-state index in [1.165, 1.54) is 12.3 Å². The maximum atomic E-state index is 12.7. The Labute approximate surface area is 164 Å². The summed E-state index contributed by atoms with van der Waals surface area (Å²) >= 11 is 0. The van der Waals surface area contributed by atoms with E-state index in [0.717, 1.165) is 0 Å². The number of pyridine rings is 1. The van der Waals surface area contributed by atoms with Crippen LogP contribution in [0, 0.1) is 0 Å². The second-order valence-corrected chi connectivity index (χ2v) is 7.66. The van der Waals surface area contributed by atoms with Crippen molar-refractivity contribution in [3.05, 3.63) is 59.4 Å². The molecule has 0 radical (unpaired) electrons. The standard InChI is InChI=1S/C19H24N2O6S/c1-3-26-13-15-10-9-14(11-20-15)19(23)21-28(24,25)18(12-22)16-7-5-6-8-17(16)27-4-2/h5-11,18,22H,3-4,12-13H2,1-2H3,(H,21,23). The summed E-state index contributed by atoms with van der Waals surface area (Å²) in [5.74, 6) is -0.494. The van der Waals surface area contributed by atoms with Crippen molar-refractivity contribution in [3.63, 3.8) is 0 Å². The number of nitrogens with zero attached hydrogens (tertiary/aromatic N) is 1. The number of ether oxygens (including phenoxy) is 2. The first kappa shape index (κ1) is 21.8. The van der Waals surface area contributed by atoms with Crippen LogP contribution in [0.5, 0.6) is 5.75 Å². The van der Waals surface area contributed by atoms with Crippen LogP contribution in [-0.2, 0) is 21.4 Å². The summed E-state index contributed by atoms with van der Waals surface area (Å²) in [5, 5.41) is 8.34. The van der Waals surface area contributed by atoms with E-state index in [1.807, 2.05) is 11.6 Å². The van der Waals surface area contributed by atoms with Crippen LogP contribution in [0.4, 0.5) is 0 Å². The molecule has 0 aliphatic heterocycles. The molecule has 0 saturated heterocycles. The van der Waals surface area contributed by atoms with Crippen molar-refractivity contribution in [2.75, 3.05) is 19.8 Å². The molecule has 0 fully saturated rings. The summed E-state index contributed by atoms with van der Waals surface area (Å²) in [4.78, 5) is 16.5. The first-order valence-corrected chi connectivity index (χ1v) is 10.4. The lowest BCUT2D eigenvalue weighted by atomic mass is 10.1.